The molecule has 2 aromatic carbocycles. The second-order valence-electron chi connectivity index (χ2n) is 6.72. The van der Waals surface area contributed by atoms with Gasteiger partial charge in [0.2, 0.25) is 5.91 Å². The third kappa shape index (κ3) is 3.89. The summed E-state index contributed by atoms with van der Waals surface area (Å²) < 4.78 is 11.0. The van der Waals surface area contributed by atoms with Gasteiger partial charge in [-0.3, -0.25) is 14.5 Å². The molecule has 0 fully saturated rings. The van der Waals surface area contributed by atoms with Crippen molar-refractivity contribution in [1.82, 2.24) is 4.98 Å². The fourth-order valence-electron chi connectivity index (χ4n) is 3.33. The summed E-state index contributed by atoms with van der Waals surface area (Å²) in [6.45, 7) is 1.91. The summed E-state index contributed by atoms with van der Waals surface area (Å²) in [6, 6.07) is 14.8. The molecule has 6 nitrogen and oxygen atoms in total. The molecule has 0 radical (unpaired) electrons. The highest BCUT2D eigenvalue weighted by Crippen LogP contribution is 2.31. The van der Waals surface area contributed by atoms with Crippen LogP contribution in [0, 0.1) is 6.92 Å². The largest absolute Gasteiger partial charge is 0.491 e. The Balaban J connectivity index is 1.50. The fourth-order valence-corrected chi connectivity index (χ4v) is 3.53. The van der Waals surface area contributed by atoms with E-state index in [4.69, 9.17) is 21.1 Å². The Kier molecular flexibility index (Phi) is 5.36. The van der Waals surface area contributed by atoms with Crippen molar-refractivity contribution in [2.45, 2.75) is 20.0 Å². The van der Waals surface area contributed by atoms with Gasteiger partial charge in [0.05, 0.1) is 34.9 Å². The van der Waals surface area contributed by atoms with Crippen LogP contribution in [0.1, 0.15) is 17.7 Å². The summed E-state index contributed by atoms with van der Waals surface area (Å²) in [5, 5.41) is 1.43. The van der Waals surface area contributed by atoms with Crippen molar-refractivity contribution in [3.8, 4) is 5.75 Å². The highest BCUT2D eigenvalue weighted by atomic mass is 35.5. The number of pyridine rings is 1. The van der Waals surface area contributed by atoms with Gasteiger partial charge < -0.3 is 9.47 Å². The molecule has 0 saturated carbocycles. The van der Waals surface area contributed by atoms with E-state index in [1.54, 1.807) is 18.2 Å². The van der Waals surface area contributed by atoms with Crippen molar-refractivity contribution in [2.24, 2.45) is 0 Å². The lowest BCUT2D eigenvalue weighted by Gasteiger charge is -2.21. The van der Waals surface area contributed by atoms with Crippen LogP contribution in [0.15, 0.2) is 48.5 Å². The van der Waals surface area contributed by atoms with Gasteiger partial charge in [-0.15, -0.1) is 0 Å². The molecule has 3 aromatic rings. The highest BCUT2D eigenvalue weighted by Gasteiger charge is 2.25. The maximum absolute atomic E-state index is 12.5. The molecule has 0 bridgehead atoms. The molecular formula is C22H19ClN2O4. The molecule has 0 spiro atoms. The number of fused-ring (bicyclic) bond motifs is 2. The quantitative estimate of drug-likeness (QED) is 0.607. The molecule has 1 amide bonds. The van der Waals surface area contributed by atoms with Gasteiger partial charge >= 0.3 is 5.97 Å². The van der Waals surface area contributed by atoms with Crippen LogP contribution < -0.4 is 9.64 Å². The number of carbonyl (C=O) groups excluding carboxylic acids is 2. The molecule has 0 unspecified atom stereocenters. The van der Waals surface area contributed by atoms with E-state index in [0.717, 1.165) is 16.5 Å². The summed E-state index contributed by atoms with van der Waals surface area (Å²) in [4.78, 5) is 30.8. The van der Waals surface area contributed by atoms with Crippen molar-refractivity contribution < 1.29 is 19.1 Å². The van der Waals surface area contributed by atoms with E-state index in [0.29, 0.717) is 22.2 Å². The van der Waals surface area contributed by atoms with E-state index in [1.165, 1.54) is 4.90 Å². The van der Waals surface area contributed by atoms with E-state index in [2.05, 4.69) is 4.98 Å². The summed E-state index contributed by atoms with van der Waals surface area (Å²) in [6.07, 6.45) is 0.194. The number of para-hydroxylation sites is 3. The smallest absolute Gasteiger partial charge is 0.326 e. The average molecular weight is 411 g/mol. The molecule has 4 rings (SSSR count). The van der Waals surface area contributed by atoms with Gasteiger partial charge in [-0.1, -0.05) is 41.9 Å². The van der Waals surface area contributed by atoms with Gasteiger partial charge in [-0.2, -0.15) is 0 Å². The number of anilines is 1. The molecule has 0 aliphatic carbocycles. The first-order valence-corrected chi connectivity index (χ1v) is 9.64. The number of halogens is 1. The third-order valence-electron chi connectivity index (χ3n) is 4.83. The second-order valence-corrected chi connectivity index (χ2v) is 7.10. The Morgan fingerprint density at radius 2 is 1.97 bits per heavy atom. The van der Waals surface area contributed by atoms with Crippen LogP contribution in [-0.4, -0.2) is 30.0 Å². The summed E-state index contributed by atoms with van der Waals surface area (Å²) in [5.41, 5.74) is 2.72. The Bertz CT molecular complexity index is 1100. The van der Waals surface area contributed by atoms with Gasteiger partial charge in [0.15, 0.2) is 0 Å². The van der Waals surface area contributed by atoms with Crippen molar-refractivity contribution in [3.05, 3.63) is 64.8 Å². The maximum Gasteiger partial charge on any atom is 0.326 e. The molecule has 1 aliphatic heterocycles. The van der Waals surface area contributed by atoms with Gasteiger partial charge in [0, 0.05) is 5.39 Å². The van der Waals surface area contributed by atoms with Crippen molar-refractivity contribution in [2.75, 3.05) is 18.1 Å². The number of amides is 1. The number of aromatic nitrogens is 1. The van der Waals surface area contributed by atoms with Crippen LogP contribution in [-0.2, 0) is 20.9 Å². The number of benzene rings is 2. The Hall–Kier alpha value is -3.12. The predicted molar refractivity (Wildman–Crippen MR) is 110 cm³/mol. The lowest BCUT2D eigenvalue weighted by atomic mass is 10.1. The van der Waals surface area contributed by atoms with Crippen LogP contribution in [0.25, 0.3) is 10.9 Å². The molecule has 1 aromatic heterocycles. The van der Waals surface area contributed by atoms with Crippen LogP contribution in [0.5, 0.6) is 5.75 Å². The number of carbonyl (C=O) groups is 2. The topological polar surface area (TPSA) is 68.7 Å². The van der Waals surface area contributed by atoms with Crippen molar-refractivity contribution in [1.29, 1.82) is 0 Å². The van der Waals surface area contributed by atoms with E-state index in [9.17, 15) is 9.59 Å². The normalized spacial score (nSPS) is 13.6. The van der Waals surface area contributed by atoms with E-state index >= 15 is 0 Å². The lowest BCUT2D eigenvalue weighted by molar-refractivity contribution is -0.144. The third-order valence-corrected chi connectivity index (χ3v) is 5.34. The molecule has 29 heavy (non-hydrogen) atoms. The van der Waals surface area contributed by atoms with Gasteiger partial charge in [0.1, 0.15) is 18.9 Å². The van der Waals surface area contributed by atoms with Crippen LogP contribution in [0.4, 0.5) is 5.69 Å². The number of ether oxygens (including phenoxy) is 2. The van der Waals surface area contributed by atoms with Crippen molar-refractivity contribution in [3.63, 3.8) is 0 Å². The molecule has 0 atom stereocenters. The molecule has 148 valence electrons. The maximum atomic E-state index is 12.5. The molecule has 0 N–H and O–H groups in total. The van der Waals surface area contributed by atoms with Crippen molar-refractivity contribution >= 4 is 40.1 Å². The molecule has 1 aliphatic rings. The first kappa shape index (κ1) is 19.2. The number of esters is 1. The lowest BCUT2D eigenvalue weighted by Crippen LogP contribution is -2.36. The first-order valence-electron chi connectivity index (χ1n) is 9.26. The zero-order valence-electron chi connectivity index (χ0n) is 15.9. The van der Waals surface area contributed by atoms with Crippen LogP contribution in [0.3, 0.4) is 0 Å². The zero-order valence-corrected chi connectivity index (χ0v) is 16.6. The first-order chi connectivity index (χ1) is 14.0. The number of hydrogen-bond acceptors (Lipinski definition) is 5. The van der Waals surface area contributed by atoms with E-state index in [1.807, 2.05) is 37.3 Å². The Labute approximate surface area is 173 Å². The Morgan fingerprint density at radius 1 is 1.21 bits per heavy atom. The summed E-state index contributed by atoms with van der Waals surface area (Å²) in [5.74, 6) is -0.163. The number of nitrogens with zero attached hydrogens (tertiary/aromatic N) is 2. The van der Waals surface area contributed by atoms with Crippen LogP contribution >= 0.6 is 11.6 Å². The molecule has 7 heteroatoms. The van der Waals surface area contributed by atoms with Gasteiger partial charge in [0.25, 0.3) is 0 Å². The zero-order chi connectivity index (χ0) is 20.4. The average Bonchev–Trinajstić information content (AvgIpc) is 2.88. The van der Waals surface area contributed by atoms with E-state index in [-0.39, 0.29) is 32.1 Å². The molecular weight excluding hydrogens is 392 g/mol. The number of hydrogen-bond donors (Lipinski definition) is 0. The fraction of sp³-hybridized carbons (Fsp3) is 0.227. The van der Waals surface area contributed by atoms with Gasteiger partial charge in [-0.05, 0) is 30.7 Å². The Morgan fingerprint density at radius 3 is 2.83 bits per heavy atom. The second kappa shape index (κ2) is 8.09. The number of rotatable bonds is 4. The summed E-state index contributed by atoms with van der Waals surface area (Å²) >= 11 is 6.42. The predicted octanol–water partition coefficient (Wildman–Crippen LogP) is 4.06. The summed E-state index contributed by atoms with van der Waals surface area (Å²) in [7, 11) is 0. The minimum atomic E-state index is -0.543. The molecule has 0 saturated heterocycles. The minimum Gasteiger partial charge on any atom is -0.491 e. The van der Waals surface area contributed by atoms with E-state index < -0.39 is 5.97 Å². The van der Waals surface area contributed by atoms with Gasteiger partial charge in [-0.25, -0.2) is 4.98 Å². The number of aryl methyl sites for hydroxylation is 1. The van der Waals surface area contributed by atoms with Crippen LogP contribution in [0.2, 0.25) is 5.02 Å². The SMILES string of the molecule is Cc1c(Cl)c(COC(=O)CN2C(=O)CCOc3ccccc32)nc2ccccc12. The minimum absolute atomic E-state index is 0.0660. The monoisotopic (exact) mass is 410 g/mol. The standard InChI is InChI=1S/C22H19ClN2O4/c1-14-15-6-2-3-7-16(15)24-17(22(14)23)13-29-21(27)12-25-18-8-4-5-9-19(18)28-11-10-20(25)26/h2-9H,10-13H2,1H3. The molecule has 2 heterocycles. The highest BCUT2D eigenvalue weighted by molar-refractivity contribution is 6.32.